The Morgan fingerprint density at radius 2 is 1.88 bits per heavy atom. The molecule has 0 fully saturated rings. The SMILES string of the molecule is Cc1ccc(S[C@H](C)C(=O)N/N=C\c2ccc(OCC(=O)NCc3ccco3)cc2)cc1. The number of hydrogen-bond donors (Lipinski definition) is 2. The van der Waals surface area contributed by atoms with E-state index in [-0.39, 0.29) is 23.7 Å². The smallest absolute Gasteiger partial charge is 0.258 e. The van der Waals surface area contributed by atoms with Gasteiger partial charge in [-0.2, -0.15) is 5.10 Å². The van der Waals surface area contributed by atoms with Crippen LogP contribution in [-0.4, -0.2) is 29.9 Å². The fraction of sp³-hybridized carbons (Fsp3) is 0.208. The minimum atomic E-state index is -0.274. The maximum absolute atomic E-state index is 12.2. The zero-order valence-electron chi connectivity index (χ0n) is 17.9. The Bertz CT molecular complexity index is 1030. The highest BCUT2D eigenvalue weighted by Gasteiger charge is 2.13. The Kier molecular flexibility index (Phi) is 8.51. The molecule has 1 heterocycles. The van der Waals surface area contributed by atoms with Gasteiger partial charge in [-0.15, -0.1) is 11.8 Å². The van der Waals surface area contributed by atoms with Crippen LogP contribution in [0.3, 0.4) is 0 Å². The molecule has 0 radical (unpaired) electrons. The van der Waals surface area contributed by atoms with E-state index in [4.69, 9.17) is 9.15 Å². The molecule has 0 bridgehead atoms. The minimum absolute atomic E-state index is 0.0965. The van der Waals surface area contributed by atoms with Crippen molar-refractivity contribution in [3.05, 3.63) is 83.8 Å². The Balaban J connectivity index is 1.38. The van der Waals surface area contributed by atoms with Gasteiger partial charge in [-0.1, -0.05) is 17.7 Å². The van der Waals surface area contributed by atoms with E-state index in [1.165, 1.54) is 17.3 Å². The number of furan rings is 1. The van der Waals surface area contributed by atoms with E-state index in [2.05, 4.69) is 15.8 Å². The van der Waals surface area contributed by atoms with Gasteiger partial charge in [-0.05, 0) is 67.9 Å². The third kappa shape index (κ3) is 7.63. The summed E-state index contributed by atoms with van der Waals surface area (Å²) in [6.07, 6.45) is 3.11. The van der Waals surface area contributed by atoms with Crippen molar-refractivity contribution in [3.8, 4) is 5.75 Å². The molecule has 2 N–H and O–H groups in total. The summed E-state index contributed by atoms with van der Waals surface area (Å²) in [6.45, 7) is 4.09. The van der Waals surface area contributed by atoms with E-state index in [1.807, 2.05) is 38.1 Å². The van der Waals surface area contributed by atoms with Gasteiger partial charge in [0.15, 0.2) is 6.61 Å². The Morgan fingerprint density at radius 3 is 2.56 bits per heavy atom. The molecule has 0 aliphatic rings. The molecule has 0 spiro atoms. The van der Waals surface area contributed by atoms with Gasteiger partial charge in [0.1, 0.15) is 11.5 Å². The molecule has 1 aromatic heterocycles. The summed E-state index contributed by atoms with van der Waals surface area (Å²) in [4.78, 5) is 25.1. The van der Waals surface area contributed by atoms with Crippen LogP contribution in [0.2, 0.25) is 0 Å². The van der Waals surface area contributed by atoms with Crippen molar-refractivity contribution in [2.24, 2.45) is 5.10 Å². The molecule has 7 nitrogen and oxygen atoms in total. The fourth-order valence-electron chi connectivity index (χ4n) is 2.58. The second-order valence-electron chi connectivity index (χ2n) is 7.02. The van der Waals surface area contributed by atoms with Crippen molar-refractivity contribution in [1.29, 1.82) is 0 Å². The first-order valence-corrected chi connectivity index (χ1v) is 11.0. The molecule has 0 aliphatic carbocycles. The third-order valence-electron chi connectivity index (χ3n) is 4.38. The van der Waals surface area contributed by atoms with Crippen LogP contribution in [0.4, 0.5) is 0 Å². The number of benzene rings is 2. The maximum Gasteiger partial charge on any atom is 0.258 e. The lowest BCUT2D eigenvalue weighted by Crippen LogP contribution is -2.28. The summed E-state index contributed by atoms with van der Waals surface area (Å²) in [6, 6.07) is 18.6. The molecule has 3 aromatic rings. The average molecular weight is 452 g/mol. The standard InChI is InChI=1S/C24H25N3O4S/c1-17-5-11-22(12-6-17)32-18(2)24(29)27-26-14-19-7-9-20(10-8-19)31-16-23(28)25-15-21-4-3-13-30-21/h3-14,18H,15-16H2,1-2H3,(H,25,28)(H,27,29)/b26-14-/t18-/m1/s1. The van der Waals surface area contributed by atoms with Crippen molar-refractivity contribution in [3.63, 3.8) is 0 Å². The van der Waals surface area contributed by atoms with Crippen LogP contribution in [0.15, 0.2) is 81.3 Å². The lowest BCUT2D eigenvalue weighted by atomic mass is 10.2. The molecule has 0 unspecified atom stereocenters. The van der Waals surface area contributed by atoms with Crippen LogP contribution in [0, 0.1) is 6.92 Å². The highest BCUT2D eigenvalue weighted by atomic mass is 32.2. The summed E-state index contributed by atoms with van der Waals surface area (Å²) in [5.41, 5.74) is 4.53. The second kappa shape index (κ2) is 11.8. The molecule has 0 saturated heterocycles. The van der Waals surface area contributed by atoms with Gasteiger partial charge in [0.05, 0.1) is 24.3 Å². The zero-order chi connectivity index (χ0) is 22.8. The average Bonchev–Trinajstić information content (AvgIpc) is 3.32. The molecule has 0 aliphatic heterocycles. The topological polar surface area (TPSA) is 92.9 Å². The third-order valence-corrected chi connectivity index (χ3v) is 5.49. The number of carbonyl (C=O) groups is 2. The van der Waals surface area contributed by atoms with Crippen LogP contribution >= 0.6 is 11.8 Å². The summed E-state index contributed by atoms with van der Waals surface area (Å²) < 4.78 is 10.6. The Labute approximate surface area is 191 Å². The number of nitrogens with zero attached hydrogens (tertiary/aromatic N) is 1. The largest absolute Gasteiger partial charge is 0.484 e. The number of hydrazone groups is 1. The van der Waals surface area contributed by atoms with Crippen molar-refractivity contribution in [2.75, 3.05) is 6.61 Å². The summed E-state index contributed by atoms with van der Waals surface area (Å²) in [5.74, 6) is 0.819. The monoisotopic (exact) mass is 451 g/mol. The van der Waals surface area contributed by atoms with E-state index in [1.54, 1.807) is 48.9 Å². The lowest BCUT2D eigenvalue weighted by Gasteiger charge is -2.09. The van der Waals surface area contributed by atoms with Gasteiger partial charge in [-0.3, -0.25) is 9.59 Å². The van der Waals surface area contributed by atoms with Gasteiger partial charge < -0.3 is 14.5 Å². The van der Waals surface area contributed by atoms with Gasteiger partial charge in [0.2, 0.25) is 0 Å². The molecular weight excluding hydrogens is 426 g/mol. The predicted octanol–water partition coefficient (Wildman–Crippen LogP) is 3.91. The van der Waals surface area contributed by atoms with Gasteiger partial charge in [0.25, 0.3) is 11.8 Å². The molecule has 166 valence electrons. The fourth-order valence-corrected chi connectivity index (χ4v) is 3.45. The number of rotatable bonds is 10. The number of thioether (sulfide) groups is 1. The highest BCUT2D eigenvalue weighted by molar-refractivity contribution is 8.00. The first-order valence-electron chi connectivity index (χ1n) is 10.1. The van der Waals surface area contributed by atoms with E-state index in [0.29, 0.717) is 18.1 Å². The normalized spacial score (nSPS) is 11.8. The predicted molar refractivity (Wildman–Crippen MR) is 125 cm³/mol. The van der Waals surface area contributed by atoms with Crippen LogP contribution in [0.1, 0.15) is 23.8 Å². The molecule has 3 rings (SSSR count). The van der Waals surface area contributed by atoms with Crippen molar-refractivity contribution in [1.82, 2.24) is 10.7 Å². The summed E-state index contributed by atoms with van der Waals surface area (Å²) >= 11 is 1.48. The van der Waals surface area contributed by atoms with Gasteiger partial charge in [-0.25, -0.2) is 5.43 Å². The van der Waals surface area contributed by atoms with E-state index in [9.17, 15) is 9.59 Å². The zero-order valence-corrected chi connectivity index (χ0v) is 18.7. The molecule has 2 amide bonds. The molecule has 2 aromatic carbocycles. The molecular formula is C24H25N3O4S. The number of nitrogens with one attached hydrogen (secondary N) is 2. The van der Waals surface area contributed by atoms with Crippen molar-refractivity contribution in [2.45, 2.75) is 30.5 Å². The number of hydrogen-bond acceptors (Lipinski definition) is 6. The van der Waals surface area contributed by atoms with Gasteiger partial charge in [0, 0.05) is 4.90 Å². The van der Waals surface area contributed by atoms with Crippen LogP contribution in [-0.2, 0) is 16.1 Å². The van der Waals surface area contributed by atoms with E-state index < -0.39 is 0 Å². The van der Waals surface area contributed by atoms with Crippen molar-refractivity contribution >= 4 is 29.8 Å². The molecule has 1 atom stereocenters. The quantitative estimate of drug-likeness (QED) is 0.277. The number of carbonyl (C=O) groups excluding carboxylic acids is 2. The van der Waals surface area contributed by atoms with Gasteiger partial charge >= 0.3 is 0 Å². The number of ether oxygens (including phenoxy) is 1. The first-order chi connectivity index (χ1) is 15.5. The van der Waals surface area contributed by atoms with Crippen LogP contribution in [0.25, 0.3) is 0 Å². The second-order valence-corrected chi connectivity index (χ2v) is 8.44. The number of aryl methyl sites for hydroxylation is 1. The Morgan fingerprint density at radius 1 is 1.12 bits per heavy atom. The molecule has 0 saturated carbocycles. The Hall–Kier alpha value is -3.52. The lowest BCUT2D eigenvalue weighted by molar-refractivity contribution is -0.123. The van der Waals surface area contributed by atoms with Crippen LogP contribution < -0.4 is 15.5 Å². The summed E-state index contributed by atoms with van der Waals surface area (Å²) in [5, 5.41) is 6.46. The minimum Gasteiger partial charge on any atom is -0.484 e. The highest BCUT2D eigenvalue weighted by Crippen LogP contribution is 2.23. The maximum atomic E-state index is 12.2. The van der Waals surface area contributed by atoms with E-state index in [0.717, 1.165) is 10.5 Å². The van der Waals surface area contributed by atoms with Crippen LogP contribution in [0.5, 0.6) is 5.75 Å². The number of amides is 2. The van der Waals surface area contributed by atoms with Crippen molar-refractivity contribution < 1.29 is 18.7 Å². The van der Waals surface area contributed by atoms with E-state index >= 15 is 0 Å². The first kappa shape index (κ1) is 23.1. The molecule has 8 heteroatoms. The summed E-state index contributed by atoms with van der Waals surface area (Å²) in [7, 11) is 0. The molecule has 32 heavy (non-hydrogen) atoms.